The highest BCUT2D eigenvalue weighted by Gasteiger charge is 2.24. The van der Waals surface area contributed by atoms with Crippen LogP contribution in [0.1, 0.15) is 17.3 Å². The summed E-state index contributed by atoms with van der Waals surface area (Å²) in [6.07, 6.45) is 1.23. The third kappa shape index (κ3) is 5.55. The topological polar surface area (TPSA) is 113 Å². The van der Waals surface area contributed by atoms with E-state index in [0.717, 1.165) is 17.0 Å². The monoisotopic (exact) mass is 539 g/mol. The molecule has 0 aliphatic carbocycles. The number of non-ortho nitro benzene ring substituents is 1. The van der Waals surface area contributed by atoms with Gasteiger partial charge in [-0.1, -0.05) is 0 Å². The predicted octanol–water partition coefficient (Wildman–Crippen LogP) is 4.84. The summed E-state index contributed by atoms with van der Waals surface area (Å²) in [5.74, 6) is -2.10. The lowest BCUT2D eigenvalue weighted by Crippen LogP contribution is -2.35. The second kappa shape index (κ2) is 11.3. The molecular formula is C27H23F2N3O7. The molecule has 0 spiro atoms. The molecule has 12 heteroatoms. The molecule has 1 aromatic heterocycles. The number of carbonyl (C=O) groups is 1. The van der Waals surface area contributed by atoms with E-state index in [1.165, 1.54) is 61.4 Å². The van der Waals surface area contributed by atoms with Crippen molar-refractivity contribution in [2.75, 3.05) is 32.5 Å². The van der Waals surface area contributed by atoms with E-state index in [9.17, 15) is 28.5 Å². The zero-order valence-electron chi connectivity index (χ0n) is 21.1. The summed E-state index contributed by atoms with van der Waals surface area (Å²) in [5, 5.41) is 11.7. The second-order valence-electron chi connectivity index (χ2n) is 8.30. The smallest absolute Gasteiger partial charge is 0.275 e. The molecule has 0 radical (unpaired) electrons. The van der Waals surface area contributed by atoms with E-state index in [1.54, 1.807) is 6.92 Å². The first-order chi connectivity index (χ1) is 18.7. The lowest BCUT2D eigenvalue weighted by molar-refractivity contribution is -0.384. The first kappa shape index (κ1) is 27.2. The Bertz CT molecular complexity index is 1620. The number of anilines is 1. The van der Waals surface area contributed by atoms with Crippen molar-refractivity contribution in [3.8, 4) is 17.2 Å². The quantitative estimate of drug-likeness (QED) is 0.170. The number of carbonyl (C=O) groups excluding carboxylic acids is 1. The Kier molecular flexibility index (Phi) is 7.86. The number of benzene rings is 3. The lowest BCUT2D eigenvalue weighted by Gasteiger charge is -2.22. The molecule has 1 heterocycles. The molecule has 0 bridgehead atoms. The van der Waals surface area contributed by atoms with E-state index in [-0.39, 0.29) is 52.6 Å². The Hall–Kier alpha value is -4.84. The highest BCUT2D eigenvalue weighted by atomic mass is 19.1. The van der Waals surface area contributed by atoms with Crippen LogP contribution in [0.2, 0.25) is 0 Å². The molecule has 39 heavy (non-hydrogen) atoms. The van der Waals surface area contributed by atoms with Crippen LogP contribution in [0, 0.1) is 21.7 Å². The number of hydrogen-bond donors (Lipinski definition) is 0. The highest BCUT2D eigenvalue weighted by Crippen LogP contribution is 2.29. The van der Waals surface area contributed by atoms with Gasteiger partial charge < -0.3 is 23.7 Å². The number of rotatable bonds is 9. The Morgan fingerprint density at radius 1 is 1.03 bits per heavy atom. The summed E-state index contributed by atoms with van der Waals surface area (Å²) in [6, 6.07) is 11.1. The molecule has 202 valence electrons. The molecule has 4 aromatic rings. The maximum atomic E-state index is 13.9. The van der Waals surface area contributed by atoms with Crippen molar-refractivity contribution in [2.45, 2.75) is 6.92 Å². The average Bonchev–Trinajstić information content (AvgIpc) is 2.91. The Balaban J connectivity index is 1.99. The number of fused-ring (bicyclic) bond motifs is 1. The molecule has 0 atom stereocenters. The zero-order chi connectivity index (χ0) is 28.3. The fourth-order valence-electron chi connectivity index (χ4n) is 4.10. The van der Waals surface area contributed by atoms with Crippen LogP contribution in [0.4, 0.5) is 20.2 Å². The van der Waals surface area contributed by atoms with Gasteiger partial charge in [0.2, 0.25) is 5.43 Å². The lowest BCUT2D eigenvalue weighted by atomic mass is 10.1. The van der Waals surface area contributed by atoms with Crippen LogP contribution in [-0.2, 0) is 4.74 Å². The second-order valence-corrected chi connectivity index (χ2v) is 8.30. The van der Waals surface area contributed by atoms with Crippen LogP contribution in [0.3, 0.4) is 0 Å². The molecule has 0 fully saturated rings. The van der Waals surface area contributed by atoms with Crippen molar-refractivity contribution in [2.24, 2.45) is 0 Å². The van der Waals surface area contributed by atoms with Gasteiger partial charge >= 0.3 is 0 Å². The van der Waals surface area contributed by atoms with Crippen molar-refractivity contribution >= 4 is 28.2 Å². The number of pyridine rings is 1. The van der Waals surface area contributed by atoms with Gasteiger partial charge in [0.1, 0.15) is 28.7 Å². The minimum atomic E-state index is -0.889. The number of nitro benzene ring substituents is 1. The van der Waals surface area contributed by atoms with E-state index in [4.69, 9.17) is 14.2 Å². The number of nitro groups is 1. The van der Waals surface area contributed by atoms with Gasteiger partial charge in [-0.05, 0) is 31.2 Å². The van der Waals surface area contributed by atoms with Crippen LogP contribution < -0.4 is 19.8 Å². The van der Waals surface area contributed by atoms with Crippen LogP contribution >= 0.6 is 0 Å². The third-order valence-corrected chi connectivity index (χ3v) is 5.87. The molecule has 0 unspecified atom stereocenters. The largest absolute Gasteiger partial charge is 0.496 e. The number of hydrogen-bond acceptors (Lipinski definition) is 7. The first-order valence-corrected chi connectivity index (χ1v) is 11.6. The molecule has 0 aliphatic rings. The summed E-state index contributed by atoms with van der Waals surface area (Å²) in [5.41, 5.74) is -0.869. The van der Waals surface area contributed by atoms with Crippen LogP contribution in [-0.4, -0.2) is 43.0 Å². The van der Waals surface area contributed by atoms with Crippen LogP contribution in [0.15, 0.2) is 65.6 Å². The number of methoxy groups -OCH3 is 2. The van der Waals surface area contributed by atoms with E-state index in [1.807, 2.05) is 0 Å². The Morgan fingerprint density at radius 3 is 2.36 bits per heavy atom. The van der Waals surface area contributed by atoms with Crippen molar-refractivity contribution in [1.82, 2.24) is 4.57 Å². The summed E-state index contributed by atoms with van der Waals surface area (Å²) < 4.78 is 44.9. The fraction of sp³-hybridized carbons (Fsp3) is 0.185. The number of halogens is 2. The Labute approximate surface area is 220 Å². The maximum absolute atomic E-state index is 13.9. The first-order valence-electron chi connectivity index (χ1n) is 11.6. The molecule has 0 aliphatic heterocycles. The molecular weight excluding hydrogens is 516 g/mol. The minimum Gasteiger partial charge on any atom is -0.496 e. The number of amides is 1. The molecule has 0 saturated heterocycles. The van der Waals surface area contributed by atoms with Gasteiger partial charge in [-0.15, -0.1) is 0 Å². The molecule has 0 N–H and O–H groups in total. The van der Waals surface area contributed by atoms with Crippen LogP contribution in [0.5, 0.6) is 11.5 Å². The summed E-state index contributed by atoms with van der Waals surface area (Å²) >= 11 is 0. The summed E-state index contributed by atoms with van der Waals surface area (Å²) in [6.45, 7) is 1.51. The number of nitrogens with zero attached hydrogens (tertiary/aromatic N) is 3. The minimum absolute atomic E-state index is 0.00632. The number of aromatic nitrogens is 1. The van der Waals surface area contributed by atoms with Crippen molar-refractivity contribution in [1.29, 1.82) is 0 Å². The van der Waals surface area contributed by atoms with Gasteiger partial charge in [-0.3, -0.25) is 19.7 Å². The van der Waals surface area contributed by atoms with Crippen molar-refractivity contribution < 1.29 is 32.7 Å². The fourth-order valence-corrected chi connectivity index (χ4v) is 4.10. The highest BCUT2D eigenvalue weighted by molar-refractivity contribution is 6.07. The van der Waals surface area contributed by atoms with Gasteiger partial charge in [-0.25, -0.2) is 8.78 Å². The zero-order valence-corrected chi connectivity index (χ0v) is 21.1. The van der Waals surface area contributed by atoms with E-state index in [0.29, 0.717) is 11.8 Å². The van der Waals surface area contributed by atoms with Gasteiger partial charge in [0.15, 0.2) is 6.79 Å². The van der Waals surface area contributed by atoms with Crippen LogP contribution in [0.25, 0.3) is 16.6 Å². The van der Waals surface area contributed by atoms with Crippen molar-refractivity contribution in [3.63, 3.8) is 0 Å². The van der Waals surface area contributed by atoms with Gasteiger partial charge in [0.05, 0.1) is 29.3 Å². The van der Waals surface area contributed by atoms with Gasteiger partial charge in [0.25, 0.3) is 11.6 Å². The van der Waals surface area contributed by atoms with Gasteiger partial charge in [-0.2, -0.15) is 0 Å². The standard InChI is InChI=1S/C27H23F2N3O7/c1-4-30(18-8-16(28)7-17(29)9-18)27(34)24-14-31(19-10-20(32(35)36)12-22(11-19)38-3)25-13-21(39-15-37-2)5-6-23(25)26(24)33/h5-14H,4,15H2,1-3H3. The molecule has 0 saturated carbocycles. The molecule has 1 amide bonds. The average molecular weight is 539 g/mol. The van der Waals surface area contributed by atoms with Gasteiger partial charge in [0, 0.05) is 55.2 Å². The van der Waals surface area contributed by atoms with E-state index >= 15 is 0 Å². The summed E-state index contributed by atoms with van der Waals surface area (Å²) in [4.78, 5) is 39.2. The Morgan fingerprint density at radius 2 is 1.74 bits per heavy atom. The predicted molar refractivity (Wildman–Crippen MR) is 139 cm³/mol. The SMILES string of the molecule is CCN(C(=O)c1cn(-c2cc(OC)cc([N+](=O)[O-])c2)c2cc(OCOC)ccc2c1=O)c1cc(F)cc(F)c1. The maximum Gasteiger partial charge on any atom is 0.275 e. The van der Waals surface area contributed by atoms with Crippen molar-refractivity contribution in [3.05, 3.63) is 98.3 Å². The summed E-state index contributed by atoms with van der Waals surface area (Å²) in [7, 11) is 2.78. The normalized spacial score (nSPS) is 10.9. The van der Waals surface area contributed by atoms with E-state index in [2.05, 4.69) is 0 Å². The molecule has 3 aromatic carbocycles. The van der Waals surface area contributed by atoms with E-state index < -0.39 is 27.9 Å². The number of ether oxygens (including phenoxy) is 3. The molecule has 4 rings (SSSR count). The molecule has 10 nitrogen and oxygen atoms in total. The third-order valence-electron chi connectivity index (χ3n) is 5.87.